The standard InChI is InChI=1S/C18H23N5O/c19-18(24)23(20)16-8-6-15(7-9-16)22-11-10-21-13-17(22)12-14-4-2-1-3-5-14/h1-9,17,21H,10-13,20H2,(H2,19,24). The fourth-order valence-electron chi connectivity index (χ4n) is 3.10. The van der Waals surface area contributed by atoms with E-state index < -0.39 is 6.03 Å². The molecule has 1 fully saturated rings. The molecule has 0 radical (unpaired) electrons. The van der Waals surface area contributed by atoms with Crippen molar-refractivity contribution in [2.75, 3.05) is 29.5 Å². The molecule has 0 spiro atoms. The minimum atomic E-state index is -0.674. The lowest BCUT2D eigenvalue weighted by Crippen LogP contribution is -2.52. The van der Waals surface area contributed by atoms with E-state index in [0.717, 1.165) is 36.8 Å². The van der Waals surface area contributed by atoms with E-state index in [1.165, 1.54) is 5.56 Å². The van der Waals surface area contributed by atoms with Crippen LogP contribution in [-0.2, 0) is 6.42 Å². The van der Waals surface area contributed by atoms with Gasteiger partial charge < -0.3 is 16.0 Å². The number of anilines is 2. The summed E-state index contributed by atoms with van der Waals surface area (Å²) in [6.45, 7) is 2.84. The highest BCUT2D eigenvalue weighted by atomic mass is 16.2. The number of carbonyl (C=O) groups excluding carboxylic acids is 1. The monoisotopic (exact) mass is 325 g/mol. The average molecular weight is 325 g/mol. The molecular formula is C18H23N5O. The number of carbonyl (C=O) groups is 1. The number of nitrogens with two attached hydrogens (primary N) is 2. The number of amides is 2. The highest BCUT2D eigenvalue weighted by Crippen LogP contribution is 2.23. The fourth-order valence-corrected chi connectivity index (χ4v) is 3.10. The molecule has 0 bridgehead atoms. The number of primary amides is 1. The van der Waals surface area contributed by atoms with Gasteiger partial charge in [-0.3, -0.25) is 0 Å². The molecule has 126 valence electrons. The molecule has 1 saturated heterocycles. The van der Waals surface area contributed by atoms with Crippen molar-refractivity contribution in [1.82, 2.24) is 5.32 Å². The Kier molecular flexibility index (Phi) is 4.98. The van der Waals surface area contributed by atoms with Gasteiger partial charge in [-0.2, -0.15) is 0 Å². The summed E-state index contributed by atoms with van der Waals surface area (Å²) in [5.74, 6) is 5.63. The van der Waals surface area contributed by atoms with Crippen LogP contribution in [-0.4, -0.2) is 31.7 Å². The van der Waals surface area contributed by atoms with Crippen molar-refractivity contribution in [1.29, 1.82) is 0 Å². The molecule has 6 nitrogen and oxygen atoms in total. The zero-order valence-corrected chi connectivity index (χ0v) is 13.6. The van der Waals surface area contributed by atoms with Crippen molar-refractivity contribution in [3.63, 3.8) is 0 Å². The summed E-state index contributed by atoms with van der Waals surface area (Å²) in [7, 11) is 0. The third-order valence-corrected chi connectivity index (χ3v) is 4.36. The van der Waals surface area contributed by atoms with Crippen LogP contribution in [0.4, 0.5) is 16.2 Å². The maximum Gasteiger partial charge on any atom is 0.333 e. The van der Waals surface area contributed by atoms with Crippen LogP contribution in [0.15, 0.2) is 54.6 Å². The lowest BCUT2D eigenvalue weighted by Gasteiger charge is -2.38. The summed E-state index contributed by atoms with van der Waals surface area (Å²) in [6.07, 6.45) is 0.986. The molecule has 1 atom stereocenters. The van der Waals surface area contributed by atoms with E-state index in [4.69, 9.17) is 11.6 Å². The molecule has 24 heavy (non-hydrogen) atoms. The third-order valence-electron chi connectivity index (χ3n) is 4.36. The topological polar surface area (TPSA) is 87.6 Å². The Morgan fingerprint density at radius 2 is 1.88 bits per heavy atom. The summed E-state index contributed by atoms with van der Waals surface area (Å²) in [6, 6.07) is 17.8. The van der Waals surface area contributed by atoms with Gasteiger partial charge in [-0.15, -0.1) is 0 Å². The predicted octanol–water partition coefficient (Wildman–Crippen LogP) is 1.47. The third kappa shape index (κ3) is 3.67. The van der Waals surface area contributed by atoms with Gasteiger partial charge in [-0.05, 0) is 36.2 Å². The summed E-state index contributed by atoms with van der Waals surface area (Å²) < 4.78 is 0. The van der Waals surface area contributed by atoms with Crippen molar-refractivity contribution in [2.45, 2.75) is 12.5 Å². The second kappa shape index (κ2) is 7.33. The number of benzene rings is 2. The first-order chi connectivity index (χ1) is 11.6. The number of rotatable bonds is 4. The van der Waals surface area contributed by atoms with Gasteiger partial charge in [-0.1, -0.05) is 30.3 Å². The molecule has 2 aromatic rings. The van der Waals surface area contributed by atoms with Gasteiger partial charge in [0.05, 0.1) is 5.69 Å². The van der Waals surface area contributed by atoms with Gasteiger partial charge in [-0.25, -0.2) is 15.6 Å². The first kappa shape index (κ1) is 16.3. The minimum absolute atomic E-state index is 0.386. The maximum absolute atomic E-state index is 11.1. The molecule has 2 aromatic carbocycles. The van der Waals surface area contributed by atoms with Crippen LogP contribution in [0.25, 0.3) is 0 Å². The van der Waals surface area contributed by atoms with Crippen LogP contribution in [0.2, 0.25) is 0 Å². The van der Waals surface area contributed by atoms with Crippen LogP contribution >= 0.6 is 0 Å². The van der Waals surface area contributed by atoms with Crippen LogP contribution in [0.3, 0.4) is 0 Å². The van der Waals surface area contributed by atoms with E-state index in [2.05, 4.69) is 34.5 Å². The number of urea groups is 1. The predicted molar refractivity (Wildman–Crippen MR) is 96.8 cm³/mol. The Morgan fingerprint density at radius 3 is 2.54 bits per heavy atom. The Hall–Kier alpha value is -2.57. The second-order valence-electron chi connectivity index (χ2n) is 5.97. The average Bonchev–Trinajstić information content (AvgIpc) is 2.62. The molecule has 3 rings (SSSR count). The van der Waals surface area contributed by atoms with Crippen molar-refractivity contribution in [2.24, 2.45) is 11.6 Å². The van der Waals surface area contributed by atoms with E-state index in [1.807, 2.05) is 30.3 Å². The van der Waals surface area contributed by atoms with Gasteiger partial charge in [0, 0.05) is 31.4 Å². The molecule has 0 aliphatic carbocycles. The SMILES string of the molecule is NC(=O)N(N)c1ccc(N2CCNCC2Cc2ccccc2)cc1. The van der Waals surface area contributed by atoms with Crippen molar-refractivity contribution in [3.05, 3.63) is 60.2 Å². The highest BCUT2D eigenvalue weighted by Gasteiger charge is 2.23. The Bertz CT molecular complexity index is 674. The van der Waals surface area contributed by atoms with Crippen molar-refractivity contribution >= 4 is 17.4 Å². The summed E-state index contributed by atoms with van der Waals surface area (Å²) in [5, 5.41) is 4.42. The van der Waals surface area contributed by atoms with E-state index in [-0.39, 0.29) is 0 Å². The Labute approximate surface area is 142 Å². The summed E-state index contributed by atoms with van der Waals surface area (Å²) in [5.41, 5.74) is 8.24. The van der Waals surface area contributed by atoms with Gasteiger partial charge in [0.1, 0.15) is 0 Å². The maximum atomic E-state index is 11.1. The first-order valence-electron chi connectivity index (χ1n) is 8.11. The van der Waals surface area contributed by atoms with Gasteiger partial charge >= 0.3 is 6.03 Å². The van der Waals surface area contributed by atoms with Gasteiger partial charge in [0.15, 0.2) is 0 Å². The van der Waals surface area contributed by atoms with E-state index in [1.54, 1.807) is 0 Å². The number of piperazine rings is 1. The van der Waals surface area contributed by atoms with Gasteiger partial charge in [0.2, 0.25) is 0 Å². The number of nitrogens with zero attached hydrogens (tertiary/aromatic N) is 2. The minimum Gasteiger partial charge on any atom is -0.366 e. The lowest BCUT2D eigenvalue weighted by molar-refractivity contribution is 0.254. The number of hydrogen-bond acceptors (Lipinski definition) is 4. The molecule has 1 heterocycles. The largest absolute Gasteiger partial charge is 0.366 e. The molecular weight excluding hydrogens is 302 g/mol. The van der Waals surface area contributed by atoms with Crippen LogP contribution in [0.5, 0.6) is 0 Å². The smallest absolute Gasteiger partial charge is 0.333 e. The highest BCUT2D eigenvalue weighted by molar-refractivity contribution is 5.89. The summed E-state index contributed by atoms with van der Waals surface area (Å²) in [4.78, 5) is 13.5. The molecule has 2 amide bonds. The van der Waals surface area contributed by atoms with E-state index in [0.29, 0.717) is 11.7 Å². The van der Waals surface area contributed by atoms with E-state index in [9.17, 15) is 4.79 Å². The molecule has 6 heteroatoms. The summed E-state index contributed by atoms with van der Waals surface area (Å²) >= 11 is 0. The lowest BCUT2D eigenvalue weighted by atomic mass is 10.0. The van der Waals surface area contributed by atoms with Gasteiger partial charge in [0.25, 0.3) is 0 Å². The number of nitrogens with one attached hydrogen (secondary N) is 1. The quantitative estimate of drug-likeness (QED) is 0.451. The molecule has 0 saturated carbocycles. The molecule has 1 aliphatic heterocycles. The zero-order chi connectivity index (χ0) is 16.9. The number of hydrogen-bond donors (Lipinski definition) is 3. The molecule has 0 aromatic heterocycles. The van der Waals surface area contributed by atoms with Crippen molar-refractivity contribution in [3.8, 4) is 0 Å². The molecule has 1 unspecified atom stereocenters. The molecule has 5 N–H and O–H groups in total. The van der Waals surface area contributed by atoms with Crippen molar-refractivity contribution < 1.29 is 4.79 Å². The van der Waals surface area contributed by atoms with Crippen LogP contribution < -0.4 is 26.8 Å². The first-order valence-corrected chi connectivity index (χ1v) is 8.11. The Balaban J connectivity index is 1.76. The molecule has 1 aliphatic rings. The van der Waals surface area contributed by atoms with E-state index >= 15 is 0 Å². The van der Waals surface area contributed by atoms with Crippen LogP contribution in [0.1, 0.15) is 5.56 Å². The van der Waals surface area contributed by atoms with Crippen LogP contribution in [0, 0.1) is 0 Å². The normalized spacial score (nSPS) is 17.5. The fraction of sp³-hybridized carbons (Fsp3) is 0.278. The zero-order valence-electron chi connectivity index (χ0n) is 13.6. The second-order valence-corrected chi connectivity index (χ2v) is 5.97. The number of hydrazine groups is 1. The Morgan fingerprint density at radius 1 is 1.17 bits per heavy atom.